The minimum absolute atomic E-state index is 0.111. The van der Waals surface area contributed by atoms with Gasteiger partial charge >= 0.3 is 6.09 Å². The summed E-state index contributed by atoms with van der Waals surface area (Å²) >= 11 is 0. The minimum atomic E-state index is -0.897. The molecule has 42 heavy (non-hydrogen) atoms. The molecule has 0 fully saturated rings. The predicted molar refractivity (Wildman–Crippen MR) is 162 cm³/mol. The van der Waals surface area contributed by atoms with E-state index in [1.165, 1.54) is 0 Å². The van der Waals surface area contributed by atoms with E-state index in [0.717, 1.165) is 22.3 Å². The van der Waals surface area contributed by atoms with Crippen molar-refractivity contribution in [3.05, 3.63) is 102 Å². The molecule has 0 aliphatic heterocycles. The molecule has 0 aliphatic rings. The van der Waals surface area contributed by atoms with Crippen LogP contribution >= 0.6 is 0 Å². The summed E-state index contributed by atoms with van der Waals surface area (Å²) < 4.78 is 5.45. The van der Waals surface area contributed by atoms with Crippen LogP contribution in [0.1, 0.15) is 51.3 Å². The van der Waals surface area contributed by atoms with Crippen molar-refractivity contribution in [2.75, 3.05) is 6.54 Å². The van der Waals surface area contributed by atoms with Crippen molar-refractivity contribution >= 4 is 6.09 Å². The molecule has 222 valence electrons. The zero-order valence-corrected chi connectivity index (χ0v) is 24.9. The zero-order chi connectivity index (χ0) is 30.3. The molecule has 0 saturated heterocycles. The molecule has 0 unspecified atom stereocenters. The SMILES string of the molecule is CC(C)(C)OC(=O)NN(Cc1ccc(-c2nnn(C(C)(C)c3ccccc3)n2)cc1)C[C@H](O)[C@@H](N)Cc1ccccc1. The number of ether oxygens (including phenoxy) is 1. The number of aromatic nitrogens is 4. The van der Waals surface area contributed by atoms with Gasteiger partial charge in [-0.15, -0.1) is 10.2 Å². The third kappa shape index (κ3) is 8.45. The molecule has 1 amide bonds. The smallest absolute Gasteiger partial charge is 0.422 e. The zero-order valence-electron chi connectivity index (χ0n) is 24.9. The molecular weight excluding hydrogens is 530 g/mol. The molecule has 1 aromatic heterocycles. The number of carbonyl (C=O) groups is 1. The van der Waals surface area contributed by atoms with Gasteiger partial charge in [0.2, 0.25) is 5.82 Å². The number of aliphatic hydroxyl groups excluding tert-OH is 1. The number of benzene rings is 3. The van der Waals surface area contributed by atoms with Gasteiger partial charge in [-0.2, -0.15) is 4.80 Å². The number of tetrazole rings is 1. The van der Waals surface area contributed by atoms with Gasteiger partial charge in [-0.25, -0.2) is 9.80 Å². The van der Waals surface area contributed by atoms with Crippen LogP contribution in [-0.2, 0) is 23.2 Å². The van der Waals surface area contributed by atoms with Gasteiger partial charge in [0.25, 0.3) is 0 Å². The Morgan fingerprint density at radius 2 is 1.57 bits per heavy atom. The average Bonchev–Trinajstić information content (AvgIpc) is 3.45. The van der Waals surface area contributed by atoms with Gasteiger partial charge < -0.3 is 15.6 Å². The first-order chi connectivity index (χ1) is 19.9. The van der Waals surface area contributed by atoms with Crippen molar-refractivity contribution in [1.82, 2.24) is 30.6 Å². The maximum atomic E-state index is 12.6. The lowest BCUT2D eigenvalue weighted by Gasteiger charge is -2.29. The minimum Gasteiger partial charge on any atom is -0.443 e. The summed E-state index contributed by atoms with van der Waals surface area (Å²) in [6.07, 6.45) is -0.998. The highest BCUT2D eigenvalue weighted by Gasteiger charge is 2.27. The highest BCUT2D eigenvalue weighted by molar-refractivity contribution is 5.67. The molecule has 0 radical (unpaired) electrons. The van der Waals surface area contributed by atoms with Crippen molar-refractivity contribution in [1.29, 1.82) is 0 Å². The van der Waals surface area contributed by atoms with Crippen molar-refractivity contribution in [2.24, 2.45) is 5.73 Å². The van der Waals surface area contributed by atoms with Gasteiger partial charge in [-0.1, -0.05) is 84.9 Å². The average molecular weight is 572 g/mol. The van der Waals surface area contributed by atoms with E-state index < -0.39 is 29.4 Å². The van der Waals surface area contributed by atoms with Crippen molar-refractivity contribution in [3.8, 4) is 11.4 Å². The maximum Gasteiger partial charge on any atom is 0.422 e. The van der Waals surface area contributed by atoms with E-state index in [0.29, 0.717) is 18.8 Å². The number of carbonyl (C=O) groups excluding carboxylic acids is 1. The summed E-state index contributed by atoms with van der Waals surface area (Å²) in [6.45, 7) is 9.91. The monoisotopic (exact) mass is 571 g/mol. The van der Waals surface area contributed by atoms with Gasteiger partial charge in [0.1, 0.15) is 11.1 Å². The molecule has 0 aliphatic carbocycles. The summed E-state index contributed by atoms with van der Waals surface area (Å²) in [7, 11) is 0. The van der Waals surface area contributed by atoms with Crippen LogP contribution in [0.3, 0.4) is 0 Å². The highest BCUT2D eigenvalue weighted by Crippen LogP contribution is 2.25. The van der Waals surface area contributed by atoms with E-state index in [1.807, 2.05) is 98.8 Å². The van der Waals surface area contributed by atoms with Gasteiger partial charge in [0, 0.05) is 24.7 Å². The lowest BCUT2D eigenvalue weighted by molar-refractivity contribution is 0.0171. The van der Waals surface area contributed by atoms with E-state index in [4.69, 9.17) is 10.5 Å². The molecule has 0 bridgehead atoms. The Morgan fingerprint density at radius 3 is 2.19 bits per heavy atom. The first-order valence-electron chi connectivity index (χ1n) is 14.1. The number of nitrogens with two attached hydrogens (primary N) is 1. The molecule has 4 N–H and O–H groups in total. The fraction of sp³-hybridized carbons (Fsp3) is 0.375. The largest absolute Gasteiger partial charge is 0.443 e. The first-order valence-corrected chi connectivity index (χ1v) is 14.1. The Balaban J connectivity index is 1.46. The molecule has 10 nitrogen and oxygen atoms in total. The van der Waals surface area contributed by atoms with E-state index in [2.05, 4.69) is 20.8 Å². The summed E-state index contributed by atoms with van der Waals surface area (Å²) in [5.74, 6) is 0.511. The lowest BCUT2D eigenvalue weighted by Crippen LogP contribution is -2.51. The summed E-state index contributed by atoms with van der Waals surface area (Å²) in [5.41, 5.74) is 11.8. The number of hydrogen-bond donors (Lipinski definition) is 3. The number of hydrogen-bond acceptors (Lipinski definition) is 8. The Hall–Kier alpha value is -4.12. The first kappa shape index (κ1) is 30.8. The van der Waals surface area contributed by atoms with Crippen LogP contribution < -0.4 is 11.2 Å². The second kappa shape index (κ2) is 13.2. The van der Waals surface area contributed by atoms with Crippen LogP contribution in [0.15, 0.2) is 84.9 Å². The normalized spacial score (nSPS) is 13.5. The molecule has 1 heterocycles. The third-order valence-corrected chi connectivity index (χ3v) is 6.84. The second-order valence-corrected chi connectivity index (χ2v) is 11.9. The number of nitrogens with zero attached hydrogens (tertiary/aromatic N) is 5. The molecule has 4 aromatic rings. The fourth-order valence-electron chi connectivity index (χ4n) is 4.47. The summed E-state index contributed by atoms with van der Waals surface area (Å²) in [4.78, 5) is 14.2. The standard InChI is InChI=1S/C32H41N7O3/c1-31(2,3)42-30(41)36-38(22-28(40)27(33)20-23-12-8-6-9-13-23)21-24-16-18-25(19-17-24)29-34-37-39(35-29)32(4,5)26-14-10-7-11-15-26/h6-19,27-28,40H,20-22,33H2,1-5H3,(H,36,41)/t27-,28-/m0/s1. The van der Waals surface area contributed by atoms with Crippen LogP contribution in [0.2, 0.25) is 0 Å². The molecular formula is C32H41N7O3. The number of amides is 1. The summed E-state index contributed by atoms with van der Waals surface area (Å²) in [6, 6.07) is 27.0. The maximum absolute atomic E-state index is 12.6. The topological polar surface area (TPSA) is 131 Å². The molecule has 0 saturated carbocycles. The Morgan fingerprint density at radius 1 is 0.952 bits per heavy atom. The van der Waals surface area contributed by atoms with E-state index in [9.17, 15) is 9.90 Å². The Bertz CT molecular complexity index is 1420. The molecule has 4 rings (SSSR count). The lowest BCUT2D eigenvalue weighted by atomic mass is 9.95. The van der Waals surface area contributed by atoms with Gasteiger partial charge in [-0.3, -0.25) is 5.43 Å². The Kier molecular flexibility index (Phi) is 9.72. The van der Waals surface area contributed by atoms with Crippen LogP contribution in [0, 0.1) is 0 Å². The number of hydrazine groups is 1. The van der Waals surface area contributed by atoms with Crippen LogP contribution in [-0.4, -0.2) is 60.7 Å². The molecule has 10 heteroatoms. The van der Waals surface area contributed by atoms with Crippen molar-refractivity contribution in [3.63, 3.8) is 0 Å². The van der Waals surface area contributed by atoms with Crippen LogP contribution in [0.5, 0.6) is 0 Å². The van der Waals surface area contributed by atoms with Crippen LogP contribution in [0.4, 0.5) is 4.79 Å². The number of rotatable bonds is 11. The highest BCUT2D eigenvalue weighted by atomic mass is 16.6. The number of aliphatic hydroxyl groups is 1. The van der Waals surface area contributed by atoms with E-state index in [-0.39, 0.29) is 6.54 Å². The van der Waals surface area contributed by atoms with Crippen molar-refractivity contribution < 1.29 is 14.6 Å². The predicted octanol–water partition coefficient (Wildman–Crippen LogP) is 4.30. The number of nitrogens with one attached hydrogen (secondary N) is 1. The molecule has 0 spiro atoms. The van der Waals surface area contributed by atoms with Gasteiger partial charge in [-0.05, 0) is 62.9 Å². The molecule has 2 atom stereocenters. The van der Waals surface area contributed by atoms with Crippen LogP contribution in [0.25, 0.3) is 11.4 Å². The van der Waals surface area contributed by atoms with E-state index >= 15 is 0 Å². The van der Waals surface area contributed by atoms with Gasteiger partial charge in [0.05, 0.1) is 6.10 Å². The molecule has 3 aromatic carbocycles. The Labute approximate surface area is 247 Å². The second-order valence-electron chi connectivity index (χ2n) is 11.9. The quantitative estimate of drug-likeness (QED) is 0.227. The summed E-state index contributed by atoms with van der Waals surface area (Å²) in [5, 5.41) is 25.8. The van der Waals surface area contributed by atoms with Gasteiger partial charge in [0.15, 0.2) is 0 Å². The fourth-order valence-corrected chi connectivity index (χ4v) is 4.47. The third-order valence-electron chi connectivity index (χ3n) is 6.84. The van der Waals surface area contributed by atoms with E-state index in [1.54, 1.807) is 30.6 Å². The van der Waals surface area contributed by atoms with Crippen molar-refractivity contribution in [2.45, 2.75) is 70.9 Å².